The fourth-order valence-electron chi connectivity index (χ4n) is 3.64. The minimum Gasteiger partial charge on any atom is -0.489 e. The number of hydrogen-bond acceptors (Lipinski definition) is 6. The Morgan fingerprint density at radius 3 is 2.31 bits per heavy atom. The van der Waals surface area contributed by atoms with Gasteiger partial charge in [-0.05, 0) is 54.1 Å². The number of para-hydroxylation sites is 1. The molecule has 39 heavy (non-hydrogen) atoms. The van der Waals surface area contributed by atoms with E-state index in [1.54, 1.807) is 42.5 Å². The van der Waals surface area contributed by atoms with Crippen molar-refractivity contribution < 1.29 is 23.4 Å². The predicted molar refractivity (Wildman–Crippen MR) is 151 cm³/mol. The second-order valence-electron chi connectivity index (χ2n) is 8.32. The summed E-state index contributed by atoms with van der Waals surface area (Å²) in [5, 5.41) is 1.29. The van der Waals surface area contributed by atoms with Crippen molar-refractivity contribution in [3.05, 3.63) is 135 Å². The van der Waals surface area contributed by atoms with Crippen molar-refractivity contribution >= 4 is 46.2 Å². The van der Waals surface area contributed by atoms with Crippen molar-refractivity contribution in [1.29, 1.82) is 0 Å². The molecule has 0 N–H and O–H groups in total. The van der Waals surface area contributed by atoms with Gasteiger partial charge in [-0.15, -0.1) is 0 Å². The summed E-state index contributed by atoms with van der Waals surface area (Å²) in [6.45, 7) is 0.350. The zero-order chi connectivity index (χ0) is 27.2. The van der Waals surface area contributed by atoms with E-state index in [2.05, 4.69) is 0 Å². The van der Waals surface area contributed by atoms with Crippen LogP contribution in [0.4, 0.5) is 0 Å². The molecule has 0 amide bonds. The largest absolute Gasteiger partial charge is 0.489 e. The summed E-state index contributed by atoms with van der Waals surface area (Å²) in [5.41, 5.74) is 1.54. The standard InChI is InChI=1S/C31H20Cl2O6/c32-25-6-2-1-5-21(25)18-36-22-12-9-20(10-13-22)11-16-30(34)38-23-14-15-24-28(17-23)37-19-29(31(24)35)39-27-8-4-3-7-26(27)33/h1-17,19H,18H2/b16-11+. The van der Waals surface area contributed by atoms with E-state index in [-0.39, 0.29) is 27.9 Å². The smallest absolute Gasteiger partial charge is 0.336 e. The first-order valence-corrected chi connectivity index (χ1v) is 12.6. The molecule has 4 aromatic carbocycles. The summed E-state index contributed by atoms with van der Waals surface area (Å²) < 4.78 is 22.3. The SMILES string of the molecule is O=C(/C=C/c1ccc(OCc2ccccc2Cl)cc1)Oc1ccc2c(=O)c(Oc3ccccc3Cl)coc2c1. The van der Waals surface area contributed by atoms with Gasteiger partial charge < -0.3 is 18.6 Å². The maximum atomic E-state index is 12.8. The molecule has 0 aliphatic rings. The Morgan fingerprint density at radius 2 is 1.54 bits per heavy atom. The number of esters is 1. The molecule has 5 rings (SSSR count). The van der Waals surface area contributed by atoms with Crippen molar-refractivity contribution in [3.8, 4) is 23.0 Å². The van der Waals surface area contributed by atoms with Crippen LogP contribution in [0.15, 0.2) is 113 Å². The van der Waals surface area contributed by atoms with Crippen LogP contribution < -0.4 is 19.6 Å². The van der Waals surface area contributed by atoms with Crippen LogP contribution in [0.2, 0.25) is 10.0 Å². The first-order chi connectivity index (χ1) is 19.0. The van der Waals surface area contributed by atoms with Gasteiger partial charge in [0, 0.05) is 22.7 Å². The van der Waals surface area contributed by atoms with Gasteiger partial charge in [0.15, 0.2) is 0 Å². The highest BCUT2D eigenvalue weighted by molar-refractivity contribution is 6.32. The van der Waals surface area contributed by atoms with Crippen molar-refractivity contribution in [1.82, 2.24) is 0 Å². The summed E-state index contributed by atoms with van der Waals surface area (Å²) in [6, 6.07) is 26.0. The minimum absolute atomic E-state index is 0.0106. The first kappa shape index (κ1) is 26.1. The molecule has 0 fully saturated rings. The van der Waals surface area contributed by atoms with E-state index in [9.17, 15) is 9.59 Å². The van der Waals surface area contributed by atoms with Gasteiger partial charge in [0.25, 0.3) is 0 Å². The topological polar surface area (TPSA) is 75.0 Å². The van der Waals surface area contributed by atoms with Gasteiger partial charge in [-0.3, -0.25) is 4.79 Å². The summed E-state index contributed by atoms with van der Waals surface area (Å²) in [6.07, 6.45) is 4.13. The zero-order valence-electron chi connectivity index (χ0n) is 20.3. The van der Waals surface area contributed by atoms with Crippen LogP contribution in [0.1, 0.15) is 11.1 Å². The van der Waals surface area contributed by atoms with E-state index in [1.165, 1.54) is 30.5 Å². The summed E-state index contributed by atoms with van der Waals surface area (Å²) in [4.78, 5) is 25.2. The maximum Gasteiger partial charge on any atom is 0.336 e. The molecule has 0 spiro atoms. The second-order valence-corrected chi connectivity index (χ2v) is 9.14. The quantitative estimate of drug-likeness (QED) is 0.109. The van der Waals surface area contributed by atoms with Crippen LogP contribution in [0.5, 0.6) is 23.0 Å². The van der Waals surface area contributed by atoms with E-state index in [1.807, 2.05) is 36.4 Å². The van der Waals surface area contributed by atoms with Gasteiger partial charge in [0.1, 0.15) is 35.7 Å². The Labute approximate surface area is 233 Å². The van der Waals surface area contributed by atoms with E-state index < -0.39 is 5.97 Å². The molecule has 5 aromatic rings. The molecule has 0 unspecified atom stereocenters. The molecule has 0 aliphatic heterocycles. The third kappa shape index (κ3) is 6.49. The lowest BCUT2D eigenvalue weighted by molar-refractivity contribution is -0.128. The summed E-state index contributed by atoms with van der Waals surface area (Å²) in [5.74, 6) is 0.636. The fourth-order valence-corrected chi connectivity index (χ4v) is 4.00. The molecule has 0 radical (unpaired) electrons. The molecule has 0 atom stereocenters. The van der Waals surface area contributed by atoms with Gasteiger partial charge in [-0.1, -0.05) is 65.7 Å². The molecule has 8 heteroatoms. The van der Waals surface area contributed by atoms with Gasteiger partial charge in [0.05, 0.1) is 10.4 Å². The Hall–Kier alpha value is -4.52. The van der Waals surface area contributed by atoms with Crippen LogP contribution in [-0.2, 0) is 11.4 Å². The fraction of sp³-hybridized carbons (Fsp3) is 0.0323. The number of halogens is 2. The molecular weight excluding hydrogens is 539 g/mol. The van der Waals surface area contributed by atoms with Crippen molar-refractivity contribution in [2.45, 2.75) is 6.61 Å². The number of carbonyl (C=O) groups excluding carboxylic acids is 1. The molecule has 1 heterocycles. The van der Waals surface area contributed by atoms with Crippen LogP contribution in [-0.4, -0.2) is 5.97 Å². The van der Waals surface area contributed by atoms with Crippen LogP contribution in [0.3, 0.4) is 0 Å². The van der Waals surface area contributed by atoms with Gasteiger partial charge >= 0.3 is 5.97 Å². The number of hydrogen-bond donors (Lipinski definition) is 0. The number of benzene rings is 4. The van der Waals surface area contributed by atoms with Crippen molar-refractivity contribution in [3.63, 3.8) is 0 Å². The highest BCUT2D eigenvalue weighted by Gasteiger charge is 2.12. The molecule has 194 valence electrons. The number of carbonyl (C=O) groups is 1. The average Bonchev–Trinajstić information content (AvgIpc) is 2.95. The zero-order valence-corrected chi connectivity index (χ0v) is 21.8. The lowest BCUT2D eigenvalue weighted by Crippen LogP contribution is -2.06. The Balaban J connectivity index is 1.20. The Morgan fingerprint density at radius 1 is 0.821 bits per heavy atom. The number of ether oxygens (including phenoxy) is 3. The van der Waals surface area contributed by atoms with E-state index in [4.69, 9.17) is 41.8 Å². The average molecular weight is 559 g/mol. The highest BCUT2D eigenvalue weighted by Crippen LogP contribution is 2.29. The van der Waals surface area contributed by atoms with Gasteiger partial charge in [-0.25, -0.2) is 4.79 Å². The summed E-state index contributed by atoms with van der Waals surface area (Å²) in [7, 11) is 0. The minimum atomic E-state index is -0.589. The molecular formula is C31H20Cl2O6. The van der Waals surface area contributed by atoms with Crippen LogP contribution >= 0.6 is 23.2 Å². The normalized spacial score (nSPS) is 11.0. The second kappa shape index (κ2) is 11.9. The first-order valence-electron chi connectivity index (χ1n) is 11.8. The van der Waals surface area contributed by atoms with Crippen LogP contribution in [0.25, 0.3) is 17.0 Å². The van der Waals surface area contributed by atoms with Gasteiger partial charge in [-0.2, -0.15) is 0 Å². The third-order valence-corrected chi connectivity index (χ3v) is 6.31. The Kier molecular flexibility index (Phi) is 7.96. The van der Waals surface area contributed by atoms with E-state index in [0.29, 0.717) is 28.2 Å². The predicted octanol–water partition coefficient (Wildman–Crippen LogP) is 8.09. The van der Waals surface area contributed by atoms with E-state index in [0.717, 1.165) is 11.1 Å². The monoisotopic (exact) mass is 558 g/mol. The molecule has 0 aliphatic carbocycles. The molecule has 1 aromatic heterocycles. The molecule has 6 nitrogen and oxygen atoms in total. The van der Waals surface area contributed by atoms with Gasteiger partial charge in [0.2, 0.25) is 11.2 Å². The van der Waals surface area contributed by atoms with Crippen molar-refractivity contribution in [2.75, 3.05) is 0 Å². The summed E-state index contributed by atoms with van der Waals surface area (Å²) >= 11 is 12.3. The molecule has 0 bridgehead atoms. The van der Waals surface area contributed by atoms with Crippen molar-refractivity contribution in [2.24, 2.45) is 0 Å². The lowest BCUT2D eigenvalue weighted by atomic mass is 10.2. The van der Waals surface area contributed by atoms with Crippen LogP contribution in [0, 0.1) is 0 Å². The molecule has 0 saturated carbocycles. The van der Waals surface area contributed by atoms with E-state index >= 15 is 0 Å². The Bertz CT molecular complexity index is 1720. The number of fused-ring (bicyclic) bond motifs is 1. The number of rotatable bonds is 8. The third-order valence-electron chi connectivity index (χ3n) is 5.63. The molecule has 0 saturated heterocycles. The highest BCUT2D eigenvalue weighted by atomic mass is 35.5. The lowest BCUT2D eigenvalue weighted by Gasteiger charge is -2.08. The maximum absolute atomic E-state index is 12.8.